The van der Waals surface area contributed by atoms with Crippen molar-refractivity contribution in [2.75, 3.05) is 0 Å². The van der Waals surface area contributed by atoms with Crippen molar-refractivity contribution in [1.82, 2.24) is 0 Å². The average molecular weight is 283 g/mol. The predicted molar refractivity (Wildman–Crippen MR) is 59.2 cm³/mol. The van der Waals surface area contributed by atoms with E-state index in [1.807, 2.05) is 0 Å². The number of alkyl halides is 3. The van der Waals surface area contributed by atoms with Crippen LogP contribution in [0.3, 0.4) is 0 Å². The van der Waals surface area contributed by atoms with Gasteiger partial charge in [-0.15, -0.1) is 0 Å². The van der Waals surface area contributed by atoms with Crippen molar-refractivity contribution in [3.63, 3.8) is 0 Å². The molecule has 102 valence electrons. The van der Waals surface area contributed by atoms with E-state index in [9.17, 15) is 22.4 Å². The van der Waals surface area contributed by atoms with Crippen LogP contribution in [0.4, 0.5) is 17.6 Å². The molecule has 0 fully saturated rings. The van der Waals surface area contributed by atoms with Crippen molar-refractivity contribution in [1.29, 1.82) is 5.26 Å². The number of nitrogens with zero attached hydrogens (tertiary/aromatic N) is 1. The van der Waals surface area contributed by atoms with Gasteiger partial charge in [0, 0.05) is 0 Å². The number of aldehydes is 1. The molecule has 0 saturated heterocycles. The largest absolute Gasteiger partial charge is 0.453 e. The highest BCUT2D eigenvalue weighted by Gasteiger charge is 2.36. The first-order valence-corrected chi connectivity index (χ1v) is 5.23. The van der Waals surface area contributed by atoms with Crippen molar-refractivity contribution >= 4 is 6.29 Å². The van der Waals surface area contributed by atoms with Crippen LogP contribution in [-0.4, -0.2) is 6.29 Å². The predicted octanol–water partition coefficient (Wildman–Crippen LogP) is 3.79. The molecule has 0 unspecified atom stereocenters. The lowest BCUT2D eigenvalue weighted by atomic mass is 9.98. The zero-order chi connectivity index (χ0) is 14.9. The molecular weight excluding hydrogens is 278 g/mol. The Hall–Kier alpha value is -2.62. The third-order valence-electron chi connectivity index (χ3n) is 2.56. The Kier molecular flexibility index (Phi) is 3.32. The summed E-state index contributed by atoms with van der Waals surface area (Å²) < 4.78 is 57.1. The molecular formula is C13H5F4NO2. The molecule has 20 heavy (non-hydrogen) atoms. The summed E-state index contributed by atoms with van der Waals surface area (Å²) in [4.78, 5) is 10.5. The van der Waals surface area contributed by atoms with E-state index in [0.29, 0.717) is 18.4 Å². The Bertz CT molecular complexity index is 710. The molecule has 0 amide bonds. The highest BCUT2D eigenvalue weighted by molar-refractivity contribution is 5.76. The first kappa shape index (κ1) is 13.8. The van der Waals surface area contributed by atoms with Gasteiger partial charge in [-0.05, 0) is 24.3 Å². The summed E-state index contributed by atoms with van der Waals surface area (Å²) >= 11 is 0. The minimum atomic E-state index is -4.79. The number of furan rings is 1. The maximum absolute atomic E-state index is 13.5. The molecule has 1 aromatic heterocycles. The molecule has 0 bridgehead atoms. The van der Waals surface area contributed by atoms with Gasteiger partial charge in [-0.25, -0.2) is 4.39 Å². The minimum absolute atomic E-state index is 0.221. The fourth-order valence-electron chi connectivity index (χ4n) is 1.73. The van der Waals surface area contributed by atoms with E-state index in [0.717, 1.165) is 12.1 Å². The zero-order valence-electron chi connectivity index (χ0n) is 9.66. The van der Waals surface area contributed by atoms with Crippen molar-refractivity contribution in [3.05, 3.63) is 47.0 Å². The van der Waals surface area contributed by atoms with Crippen molar-refractivity contribution in [2.24, 2.45) is 0 Å². The lowest BCUT2D eigenvalue weighted by Gasteiger charge is -2.12. The fraction of sp³-hybridized carbons (Fsp3) is 0.0769. The molecule has 0 N–H and O–H groups in total. The highest BCUT2D eigenvalue weighted by atomic mass is 19.4. The number of hydrogen-bond donors (Lipinski definition) is 0. The van der Waals surface area contributed by atoms with Crippen LogP contribution in [0, 0.1) is 17.1 Å². The zero-order valence-corrected chi connectivity index (χ0v) is 9.66. The van der Waals surface area contributed by atoms with Gasteiger partial charge in [0.05, 0.1) is 16.7 Å². The van der Waals surface area contributed by atoms with Crippen LogP contribution in [0.2, 0.25) is 0 Å². The summed E-state index contributed by atoms with van der Waals surface area (Å²) in [5.41, 5.74) is -2.71. The molecule has 2 rings (SSSR count). The van der Waals surface area contributed by atoms with Gasteiger partial charge in [0.1, 0.15) is 17.6 Å². The van der Waals surface area contributed by atoms with Gasteiger partial charge in [-0.3, -0.25) is 4.79 Å². The second kappa shape index (κ2) is 4.81. The van der Waals surface area contributed by atoms with Crippen LogP contribution in [0.1, 0.15) is 21.7 Å². The summed E-state index contributed by atoms with van der Waals surface area (Å²) in [6.07, 6.45) is -4.50. The van der Waals surface area contributed by atoms with Crippen LogP contribution in [0.15, 0.2) is 28.7 Å². The summed E-state index contributed by atoms with van der Waals surface area (Å²) in [6, 6.07) is 4.68. The normalized spacial score (nSPS) is 11.2. The van der Waals surface area contributed by atoms with Crippen molar-refractivity contribution in [3.8, 4) is 17.4 Å². The van der Waals surface area contributed by atoms with E-state index < -0.39 is 34.4 Å². The van der Waals surface area contributed by atoms with Crippen molar-refractivity contribution < 1.29 is 26.8 Å². The second-order valence-electron chi connectivity index (χ2n) is 3.77. The molecule has 7 heteroatoms. The lowest BCUT2D eigenvalue weighted by Crippen LogP contribution is -2.09. The lowest BCUT2D eigenvalue weighted by molar-refractivity contribution is -0.137. The quantitative estimate of drug-likeness (QED) is 0.622. The standard InChI is InChI=1S/C13H5F4NO2/c14-10-3-2-9(13(15,16)17)12(8(10)5-18)11-4-1-7(6-19)20-11/h1-4,6H. The van der Waals surface area contributed by atoms with E-state index in [1.165, 1.54) is 6.07 Å². The molecule has 0 aliphatic rings. The Morgan fingerprint density at radius 1 is 1.20 bits per heavy atom. The molecule has 0 aliphatic heterocycles. The van der Waals surface area contributed by atoms with Crippen LogP contribution >= 0.6 is 0 Å². The molecule has 1 heterocycles. The van der Waals surface area contributed by atoms with E-state index >= 15 is 0 Å². The van der Waals surface area contributed by atoms with Gasteiger partial charge in [-0.1, -0.05) is 0 Å². The Balaban J connectivity index is 2.80. The van der Waals surface area contributed by atoms with Gasteiger partial charge in [0.15, 0.2) is 12.0 Å². The second-order valence-corrected chi connectivity index (χ2v) is 3.77. The van der Waals surface area contributed by atoms with Gasteiger partial charge in [0.2, 0.25) is 0 Å². The van der Waals surface area contributed by atoms with Crippen LogP contribution in [-0.2, 0) is 6.18 Å². The number of nitriles is 1. The SMILES string of the molecule is N#Cc1c(F)ccc(C(F)(F)F)c1-c1ccc(C=O)o1. The summed E-state index contributed by atoms with van der Waals surface area (Å²) in [7, 11) is 0. The molecule has 0 aliphatic carbocycles. The summed E-state index contributed by atoms with van der Waals surface area (Å²) in [6.45, 7) is 0. The average Bonchev–Trinajstić information content (AvgIpc) is 2.85. The molecule has 0 spiro atoms. The summed E-state index contributed by atoms with van der Waals surface area (Å²) in [5.74, 6) is -1.71. The van der Waals surface area contributed by atoms with Crippen LogP contribution < -0.4 is 0 Å². The molecule has 1 aromatic carbocycles. The number of hydrogen-bond acceptors (Lipinski definition) is 3. The number of carbonyl (C=O) groups excluding carboxylic acids is 1. The Morgan fingerprint density at radius 3 is 2.40 bits per heavy atom. The first-order chi connectivity index (χ1) is 9.38. The van der Waals surface area contributed by atoms with E-state index in [2.05, 4.69) is 0 Å². The van der Waals surface area contributed by atoms with Gasteiger partial charge in [-0.2, -0.15) is 18.4 Å². The smallest absolute Gasteiger partial charge is 0.417 e. The van der Waals surface area contributed by atoms with E-state index in [4.69, 9.17) is 9.68 Å². The number of halogens is 4. The number of rotatable bonds is 2. The maximum atomic E-state index is 13.5. The molecule has 3 nitrogen and oxygen atoms in total. The Morgan fingerprint density at radius 2 is 1.90 bits per heavy atom. The van der Waals surface area contributed by atoms with Gasteiger partial charge >= 0.3 is 6.18 Å². The molecule has 2 aromatic rings. The van der Waals surface area contributed by atoms with Crippen LogP contribution in [0.25, 0.3) is 11.3 Å². The molecule has 0 radical (unpaired) electrons. The maximum Gasteiger partial charge on any atom is 0.417 e. The van der Waals surface area contributed by atoms with E-state index in [1.54, 1.807) is 0 Å². The molecule has 0 atom stereocenters. The number of carbonyl (C=O) groups is 1. The topological polar surface area (TPSA) is 54.0 Å². The van der Waals surface area contributed by atoms with Gasteiger partial charge < -0.3 is 4.42 Å². The monoisotopic (exact) mass is 283 g/mol. The van der Waals surface area contributed by atoms with Crippen molar-refractivity contribution in [2.45, 2.75) is 6.18 Å². The first-order valence-electron chi connectivity index (χ1n) is 5.23. The fourth-order valence-corrected chi connectivity index (χ4v) is 1.73. The summed E-state index contributed by atoms with van der Waals surface area (Å²) in [5, 5.41) is 8.85. The number of benzene rings is 1. The van der Waals surface area contributed by atoms with Crippen LogP contribution in [0.5, 0.6) is 0 Å². The highest BCUT2D eigenvalue weighted by Crippen LogP contribution is 2.40. The third kappa shape index (κ3) is 2.28. The molecule has 0 saturated carbocycles. The van der Waals surface area contributed by atoms with E-state index in [-0.39, 0.29) is 5.76 Å². The minimum Gasteiger partial charge on any atom is -0.453 e. The Labute approximate surface area is 110 Å². The third-order valence-corrected chi connectivity index (χ3v) is 2.56. The van der Waals surface area contributed by atoms with Gasteiger partial charge in [0.25, 0.3) is 0 Å².